The van der Waals surface area contributed by atoms with Gasteiger partial charge in [-0.05, 0) is 18.8 Å². The van der Waals surface area contributed by atoms with Crippen LogP contribution in [0.1, 0.15) is 26.7 Å². The lowest BCUT2D eigenvalue weighted by Crippen LogP contribution is -2.81. The molecule has 4 aliphatic rings. The van der Waals surface area contributed by atoms with Crippen LogP contribution in [0.5, 0.6) is 0 Å². The van der Waals surface area contributed by atoms with Gasteiger partial charge in [0, 0.05) is 58.4 Å². The van der Waals surface area contributed by atoms with Gasteiger partial charge in [0.2, 0.25) is 5.91 Å². The van der Waals surface area contributed by atoms with Crippen molar-refractivity contribution in [2.45, 2.75) is 38.3 Å². The Bertz CT molecular complexity index is 486. The smallest absolute Gasteiger partial charge is 0.225 e. The highest BCUT2D eigenvalue weighted by Crippen LogP contribution is 2.37. The molecule has 142 valence electrons. The second-order valence-corrected chi connectivity index (χ2v) is 8.75. The minimum Gasteiger partial charge on any atom is -0.381 e. The SMILES string of the molecule is CC(C)C(=O)N1C[C@@H]2COCCN2C2(CN(CC3CCOCC3)C2)C1. The van der Waals surface area contributed by atoms with E-state index in [1.807, 2.05) is 13.8 Å². The molecule has 0 aromatic rings. The zero-order valence-corrected chi connectivity index (χ0v) is 15.8. The Morgan fingerprint density at radius 2 is 1.88 bits per heavy atom. The van der Waals surface area contributed by atoms with E-state index in [0.717, 1.165) is 65.1 Å². The summed E-state index contributed by atoms with van der Waals surface area (Å²) in [5.74, 6) is 1.16. The molecule has 6 nitrogen and oxygen atoms in total. The fraction of sp³-hybridized carbons (Fsp3) is 0.947. The van der Waals surface area contributed by atoms with E-state index in [-0.39, 0.29) is 11.5 Å². The summed E-state index contributed by atoms with van der Waals surface area (Å²) >= 11 is 0. The third kappa shape index (κ3) is 3.46. The number of amides is 1. The molecule has 4 rings (SSSR count). The van der Waals surface area contributed by atoms with E-state index in [1.54, 1.807) is 0 Å². The van der Waals surface area contributed by atoms with E-state index >= 15 is 0 Å². The highest BCUT2D eigenvalue weighted by atomic mass is 16.5. The Hall–Kier alpha value is -0.690. The summed E-state index contributed by atoms with van der Waals surface area (Å²) in [5.41, 5.74) is 0.155. The summed E-state index contributed by atoms with van der Waals surface area (Å²) in [6, 6.07) is 0.371. The van der Waals surface area contributed by atoms with Crippen LogP contribution >= 0.6 is 0 Å². The zero-order chi connectivity index (χ0) is 17.4. The maximum atomic E-state index is 12.6. The molecule has 1 spiro atoms. The van der Waals surface area contributed by atoms with Crippen LogP contribution in [-0.2, 0) is 14.3 Å². The normalized spacial score (nSPS) is 31.2. The Balaban J connectivity index is 1.42. The van der Waals surface area contributed by atoms with Crippen LogP contribution in [0.4, 0.5) is 0 Å². The molecule has 6 heteroatoms. The zero-order valence-electron chi connectivity index (χ0n) is 15.8. The first-order chi connectivity index (χ1) is 12.1. The summed E-state index contributed by atoms with van der Waals surface area (Å²) in [6.07, 6.45) is 2.39. The van der Waals surface area contributed by atoms with E-state index in [4.69, 9.17) is 9.47 Å². The molecular weight excluding hydrogens is 318 g/mol. The molecule has 4 heterocycles. The molecular formula is C19H33N3O3. The van der Waals surface area contributed by atoms with E-state index in [1.165, 1.54) is 19.4 Å². The maximum Gasteiger partial charge on any atom is 0.225 e. The van der Waals surface area contributed by atoms with Gasteiger partial charge in [0.1, 0.15) is 0 Å². The summed E-state index contributed by atoms with van der Waals surface area (Å²) < 4.78 is 11.2. The van der Waals surface area contributed by atoms with Crippen molar-refractivity contribution in [1.29, 1.82) is 0 Å². The number of hydrogen-bond acceptors (Lipinski definition) is 5. The van der Waals surface area contributed by atoms with Gasteiger partial charge in [-0.2, -0.15) is 0 Å². The average Bonchev–Trinajstić information content (AvgIpc) is 2.60. The van der Waals surface area contributed by atoms with Crippen molar-refractivity contribution < 1.29 is 14.3 Å². The minimum absolute atomic E-state index is 0.0755. The topological polar surface area (TPSA) is 45.2 Å². The van der Waals surface area contributed by atoms with Crippen LogP contribution in [-0.4, -0.2) is 97.9 Å². The maximum absolute atomic E-state index is 12.6. The molecule has 0 aromatic heterocycles. The lowest BCUT2D eigenvalue weighted by atomic mass is 9.81. The molecule has 1 amide bonds. The number of ether oxygens (including phenoxy) is 2. The molecule has 4 saturated heterocycles. The lowest BCUT2D eigenvalue weighted by molar-refractivity contribution is -0.178. The standard InChI is InChI=1S/C19H33N3O3/c1-15(2)18(23)21-10-17-11-25-8-5-22(17)19(14-21)12-20(13-19)9-16-3-6-24-7-4-16/h15-17H,3-14H2,1-2H3/t17-/m1/s1. The fourth-order valence-corrected chi connectivity index (χ4v) is 5.22. The van der Waals surface area contributed by atoms with Gasteiger partial charge in [0.05, 0.1) is 24.8 Å². The van der Waals surface area contributed by atoms with Crippen molar-refractivity contribution in [1.82, 2.24) is 14.7 Å². The van der Waals surface area contributed by atoms with Crippen LogP contribution in [0.25, 0.3) is 0 Å². The second-order valence-electron chi connectivity index (χ2n) is 8.75. The molecule has 0 aliphatic carbocycles. The van der Waals surface area contributed by atoms with Gasteiger partial charge in [-0.3, -0.25) is 14.6 Å². The molecule has 0 unspecified atom stereocenters. The number of rotatable bonds is 3. The number of piperazine rings is 1. The lowest BCUT2D eigenvalue weighted by Gasteiger charge is -2.64. The quantitative estimate of drug-likeness (QED) is 0.748. The van der Waals surface area contributed by atoms with E-state index in [0.29, 0.717) is 11.9 Å². The third-order valence-electron chi connectivity index (χ3n) is 6.45. The van der Waals surface area contributed by atoms with E-state index < -0.39 is 0 Å². The predicted molar refractivity (Wildman–Crippen MR) is 95.4 cm³/mol. The van der Waals surface area contributed by atoms with Crippen LogP contribution in [0.2, 0.25) is 0 Å². The highest BCUT2D eigenvalue weighted by molar-refractivity contribution is 5.78. The molecule has 0 bridgehead atoms. The van der Waals surface area contributed by atoms with Crippen molar-refractivity contribution >= 4 is 5.91 Å². The van der Waals surface area contributed by atoms with Gasteiger partial charge < -0.3 is 14.4 Å². The molecule has 25 heavy (non-hydrogen) atoms. The van der Waals surface area contributed by atoms with Crippen LogP contribution in [0, 0.1) is 11.8 Å². The molecule has 4 fully saturated rings. The molecule has 0 saturated carbocycles. The molecule has 0 radical (unpaired) electrons. The Labute approximate surface area is 151 Å². The van der Waals surface area contributed by atoms with Crippen molar-refractivity contribution in [3.63, 3.8) is 0 Å². The molecule has 0 aromatic carbocycles. The minimum atomic E-state index is 0.0755. The number of fused-ring (bicyclic) bond motifs is 2. The molecule has 1 atom stereocenters. The summed E-state index contributed by atoms with van der Waals surface area (Å²) in [4.78, 5) is 20.0. The van der Waals surface area contributed by atoms with Gasteiger partial charge in [-0.25, -0.2) is 0 Å². The Morgan fingerprint density at radius 1 is 1.12 bits per heavy atom. The monoisotopic (exact) mass is 351 g/mol. The number of hydrogen-bond donors (Lipinski definition) is 0. The summed E-state index contributed by atoms with van der Waals surface area (Å²) in [6.45, 7) is 13.6. The van der Waals surface area contributed by atoms with Crippen LogP contribution in [0.15, 0.2) is 0 Å². The summed E-state index contributed by atoms with van der Waals surface area (Å²) in [5, 5.41) is 0. The predicted octanol–water partition coefficient (Wildman–Crippen LogP) is 0.666. The number of likely N-dealkylation sites (tertiary alicyclic amines) is 1. The Kier molecular flexibility index (Phi) is 5.06. The molecule has 4 aliphatic heterocycles. The first kappa shape index (κ1) is 17.7. The van der Waals surface area contributed by atoms with E-state index in [2.05, 4.69) is 14.7 Å². The summed E-state index contributed by atoms with van der Waals surface area (Å²) in [7, 11) is 0. The van der Waals surface area contributed by atoms with Gasteiger partial charge >= 0.3 is 0 Å². The van der Waals surface area contributed by atoms with Gasteiger partial charge in [0.15, 0.2) is 0 Å². The van der Waals surface area contributed by atoms with Crippen molar-refractivity contribution in [3.05, 3.63) is 0 Å². The molecule has 0 N–H and O–H groups in total. The van der Waals surface area contributed by atoms with Gasteiger partial charge in [0.25, 0.3) is 0 Å². The third-order valence-corrected chi connectivity index (χ3v) is 6.45. The number of carbonyl (C=O) groups is 1. The van der Waals surface area contributed by atoms with Crippen molar-refractivity contribution in [2.75, 3.05) is 65.7 Å². The fourth-order valence-electron chi connectivity index (χ4n) is 5.22. The number of carbonyl (C=O) groups excluding carboxylic acids is 1. The van der Waals surface area contributed by atoms with Gasteiger partial charge in [-0.15, -0.1) is 0 Å². The van der Waals surface area contributed by atoms with Crippen molar-refractivity contribution in [3.8, 4) is 0 Å². The first-order valence-electron chi connectivity index (χ1n) is 10.0. The largest absolute Gasteiger partial charge is 0.381 e. The van der Waals surface area contributed by atoms with Crippen LogP contribution < -0.4 is 0 Å². The van der Waals surface area contributed by atoms with Crippen molar-refractivity contribution in [2.24, 2.45) is 11.8 Å². The second kappa shape index (κ2) is 7.14. The number of nitrogens with zero attached hydrogens (tertiary/aromatic N) is 3. The first-order valence-corrected chi connectivity index (χ1v) is 10.0. The average molecular weight is 351 g/mol. The van der Waals surface area contributed by atoms with Crippen LogP contribution in [0.3, 0.4) is 0 Å². The van der Waals surface area contributed by atoms with Gasteiger partial charge in [-0.1, -0.05) is 13.8 Å². The highest BCUT2D eigenvalue weighted by Gasteiger charge is 2.54. The number of morpholine rings is 1. The Morgan fingerprint density at radius 3 is 2.60 bits per heavy atom. The van der Waals surface area contributed by atoms with E-state index in [9.17, 15) is 4.79 Å².